The first-order chi connectivity index (χ1) is 9.51. The minimum Gasteiger partial charge on any atom is -0.496 e. The second kappa shape index (κ2) is 6.00. The molecule has 2 rings (SSSR count). The van der Waals surface area contributed by atoms with E-state index in [4.69, 9.17) is 4.74 Å². The number of ether oxygens (including phenoxy) is 1. The average molecular weight is 269 g/mol. The van der Waals surface area contributed by atoms with E-state index in [1.165, 1.54) is 33.5 Å². The molecule has 2 nitrogen and oxygen atoms in total. The number of anilines is 1. The minimum atomic E-state index is 0.829. The Labute approximate surface area is 121 Å². The van der Waals surface area contributed by atoms with Crippen LogP contribution in [0.3, 0.4) is 0 Å². The summed E-state index contributed by atoms with van der Waals surface area (Å²) in [7, 11) is 1.71. The van der Waals surface area contributed by atoms with Crippen LogP contribution in [0.5, 0.6) is 5.75 Å². The number of hydrogen-bond donors (Lipinski definition) is 1. The minimum absolute atomic E-state index is 0.829. The lowest BCUT2D eigenvalue weighted by Gasteiger charge is -2.14. The summed E-state index contributed by atoms with van der Waals surface area (Å²) in [5, 5.41) is 3.55. The van der Waals surface area contributed by atoms with Crippen molar-refractivity contribution in [1.82, 2.24) is 0 Å². The van der Waals surface area contributed by atoms with Gasteiger partial charge in [-0.3, -0.25) is 0 Å². The summed E-state index contributed by atoms with van der Waals surface area (Å²) in [6, 6.07) is 10.7. The Morgan fingerprint density at radius 3 is 2.10 bits per heavy atom. The Morgan fingerprint density at radius 2 is 1.55 bits per heavy atom. The molecule has 0 aromatic heterocycles. The third-order valence-corrected chi connectivity index (χ3v) is 3.61. The van der Waals surface area contributed by atoms with E-state index in [0.29, 0.717) is 0 Å². The molecular weight excluding hydrogens is 246 g/mol. The average Bonchev–Trinajstić information content (AvgIpc) is 2.37. The molecule has 0 bridgehead atoms. The fourth-order valence-corrected chi connectivity index (χ4v) is 2.70. The van der Waals surface area contributed by atoms with E-state index in [1.54, 1.807) is 7.11 Å². The summed E-state index contributed by atoms with van der Waals surface area (Å²) in [6.07, 6.45) is 0. The highest BCUT2D eigenvalue weighted by Gasteiger charge is 2.04. The largest absolute Gasteiger partial charge is 0.496 e. The summed E-state index contributed by atoms with van der Waals surface area (Å²) in [6.45, 7) is 9.35. The monoisotopic (exact) mass is 269 g/mol. The molecule has 2 aromatic rings. The lowest BCUT2D eigenvalue weighted by atomic mass is 10.0. The Hall–Kier alpha value is -1.96. The molecule has 0 saturated heterocycles. The van der Waals surface area contributed by atoms with Crippen molar-refractivity contribution in [3.63, 3.8) is 0 Å². The molecule has 0 heterocycles. The van der Waals surface area contributed by atoms with Crippen LogP contribution in [-0.2, 0) is 6.54 Å². The van der Waals surface area contributed by atoms with Gasteiger partial charge in [-0.25, -0.2) is 0 Å². The molecule has 0 saturated carbocycles. The molecule has 0 fully saturated rings. The van der Waals surface area contributed by atoms with E-state index in [9.17, 15) is 0 Å². The zero-order valence-electron chi connectivity index (χ0n) is 13.0. The highest BCUT2D eigenvalue weighted by molar-refractivity contribution is 5.58. The van der Waals surface area contributed by atoms with Gasteiger partial charge >= 0.3 is 0 Å². The van der Waals surface area contributed by atoms with E-state index in [2.05, 4.69) is 57.3 Å². The molecule has 0 radical (unpaired) electrons. The first-order valence-corrected chi connectivity index (χ1v) is 6.96. The van der Waals surface area contributed by atoms with Crippen molar-refractivity contribution < 1.29 is 4.74 Å². The Bertz CT molecular complexity index is 594. The molecule has 0 spiro atoms. The van der Waals surface area contributed by atoms with Gasteiger partial charge in [0.25, 0.3) is 0 Å². The van der Waals surface area contributed by atoms with Gasteiger partial charge in [0.1, 0.15) is 5.75 Å². The van der Waals surface area contributed by atoms with E-state index in [1.807, 2.05) is 6.07 Å². The molecule has 0 unspecified atom stereocenters. The van der Waals surface area contributed by atoms with Crippen LogP contribution < -0.4 is 10.1 Å². The van der Waals surface area contributed by atoms with Crippen molar-refractivity contribution in [3.05, 3.63) is 58.1 Å². The van der Waals surface area contributed by atoms with Crippen molar-refractivity contribution in [2.75, 3.05) is 12.4 Å². The van der Waals surface area contributed by atoms with Crippen LogP contribution in [0.2, 0.25) is 0 Å². The smallest absolute Gasteiger partial charge is 0.121 e. The maximum atomic E-state index is 5.29. The fourth-order valence-electron chi connectivity index (χ4n) is 2.70. The molecule has 0 aliphatic heterocycles. The molecule has 1 N–H and O–H groups in total. The van der Waals surface area contributed by atoms with Crippen LogP contribution in [0.1, 0.15) is 27.8 Å². The van der Waals surface area contributed by atoms with Crippen LogP contribution in [0.15, 0.2) is 30.3 Å². The zero-order chi connectivity index (χ0) is 14.7. The fraction of sp³-hybridized carbons (Fsp3) is 0.333. The Morgan fingerprint density at radius 1 is 0.900 bits per heavy atom. The summed E-state index contributed by atoms with van der Waals surface area (Å²) >= 11 is 0. The zero-order valence-corrected chi connectivity index (χ0v) is 13.0. The van der Waals surface area contributed by atoms with Crippen LogP contribution in [-0.4, -0.2) is 7.11 Å². The molecule has 0 aliphatic carbocycles. The SMILES string of the molecule is COc1ccc(CNc2c(C)cc(C)cc2C)cc1C. The van der Waals surface area contributed by atoms with E-state index in [0.717, 1.165) is 12.3 Å². The number of nitrogens with one attached hydrogen (secondary N) is 1. The molecule has 0 amide bonds. The number of benzene rings is 2. The topological polar surface area (TPSA) is 21.3 Å². The van der Waals surface area contributed by atoms with Crippen molar-refractivity contribution in [2.45, 2.75) is 34.2 Å². The Kier molecular flexibility index (Phi) is 4.33. The van der Waals surface area contributed by atoms with Gasteiger partial charge in [0.05, 0.1) is 7.11 Å². The maximum absolute atomic E-state index is 5.29. The standard InChI is InChI=1S/C18H23NO/c1-12-8-14(3)18(15(4)9-12)19-11-16-6-7-17(20-5)13(2)10-16/h6-10,19H,11H2,1-5H3. The summed E-state index contributed by atoms with van der Waals surface area (Å²) in [5.41, 5.74) is 7.59. The molecule has 106 valence electrons. The molecule has 2 heteroatoms. The highest BCUT2D eigenvalue weighted by Crippen LogP contribution is 2.24. The van der Waals surface area contributed by atoms with Gasteiger partial charge in [-0.2, -0.15) is 0 Å². The third-order valence-electron chi connectivity index (χ3n) is 3.61. The molecule has 0 atom stereocenters. The predicted octanol–water partition coefficient (Wildman–Crippen LogP) is 4.54. The first kappa shape index (κ1) is 14.4. The van der Waals surface area contributed by atoms with Gasteiger partial charge in [-0.1, -0.05) is 29.8 Å². The normalized spacial score (nSPS) is 10.4. The van der Waals surface area contributed by atoms with Crippen molar-refractivity contribution in [3.8, 4) is 5.75 Å². The van der Waals surface area contributed by atoms with E-state index < -0.39 is 0 Å². The summed E-state index contributed by atoms with van der Waals surface area (Å²) in [5.74, 6) is 0.941. The van der Waals surface area contributed by atoms with Gasteiger partial charge in [0.2, 0.25) is 0 Å². The highest BCUT2D eigenvalue weighted by atomic mass is 16.5. The Balaban J connectivity index is 2.15. The molecule has 20 heavy (non-hydrogen) atoms. The van der Waals surface area contributed by atoms with Gasteiger partial charge in [0, 0.05) is 12.2 Å². The van der Waals surface area contributed by atoms with Crippen molar-refractivity contribution in [1.29, 1.82) is 0 Å². The summed E-state index contributed by atoms with van der Waals surface area (Å²) < 4.78 is 5.29. The van der Waals surface area contributed by atoms with Gasteiger partial charge in [0.15, 0.2) is 0 Å². The number of hydrogen-bond acceptors (Lipinski definition) is 2. The van der Waals surface area contributed by atoms with Gasteiger partial charge < -0.3 is 10.1 Å². The van der Waals surface area contributed by atoms with Crippen LogP contribution in [0.4, 0.5) is 5.69 Å². The maximum Gasteiger partial charge on any atom is 0.121 e. The van der Waals surface area contributed by atoms with Crippen LogP contribution in [0, 0.1) is 27.7 Å². The quantitative estimate of drug-likeness (QED) is 0.879. The van der Waals surface area contributed by atoms with Gasteiger partial charge in [-0.05, 0) is 56.0 Å². The lowest BCUT2D eigenvalue weighted by molar-refractivity contribution is 0.411. The second-order valence-electron chi connectivity index (χ2n) is 5.43. The van der Waals surface area contributed by atoms with E-state index >= 15 is 0 Å². The van der Waals surface area contributed by atoms with Crippen molar-refractivity contribution in [2.24, 2.45) is 0 Å². The van der Waals surface area contributed by atoms with Crippen LogP contribution >= 0.6 is 0 Å². The molecule has 0 aliphatic rings. The summed E-state index contributed by atoms with van der Waals surface area (Å²) in [4.78, 5) is 0. The number of methoxy groups -OCH3 is 1. The van der Waals surface area contributed by atoms with Gasteiger partial charge in [-0.15, -0.1) is 0 Å². The number of rotatable bonds is 4. The third kappa shape index (κ3) is 3.13. The first-order valence-electron chi connectivity index (χ1n) is 6.96. The predicted molar refractivity (Wildman–Crippen MR) is 85.7 cm³/mol. The molecular formula is C18H23NO. The lowest BCUT2D eigenvalue weighted by Crippen LogP contribution is -2.04. The van der Waals surface area contributed by atoms with E-state index in [-0.39, 0.29) is 0 Å². The van der Waals surface area contributed by atoms with Crippen LogP contribution in [0.25, 0.3) is 0 Å². The number of aryl methyl sites for hydroxylation is 4. The van der Waals surface area contributed by atoms with Crippen molar-refractivity contribution >= 4 is 5.69 Å². The molecule has 2 aromatic carbocycles. The second-order valence-corrected chi connectivity index (χ2v) is 5.43.